The van der Waals surface area contributed by atoms with Crippen LogP contribution in [-0.2, 0) is 4.79 Å². The lowest BCUT2D eigenvalue weighted by atomic mass is 9.79. The first-order chi connectivity index (χ1) is 15.3. The molecule has 3 rings (SSSR count). The summed E-state index contributed by atoms with van der Waals surface area (Å²) in [5.41, 5.74) is 2.01. The Morgan fingerprint density at radius 1 is 1.12 bits per heavy atom. The van der Waals surface area contributed by atoms with E-state index in [4.69, 9.17) is 9.47 Å². The molecule has 0 saturated heterocycles. The monoisotopic (exact) mass is 457 g/mol. The third-order valence-electron chi connectivity index (χ3n) is 5.77. The molecule has 1 aliphatic rings. The van der Waals surface area contributed by atoms with E-state index in [1.165, 1.54) is 7.11 Å². The topological polar surface area (TPSA) is 71.1 Å². The summed E-state index contributed by atoms with van der Waals surface area (Å²) in [7, 11) is 8.74. The van der Waals surface area contributed by atoms with Crippen LogP contribution in [-0.4, -0.2) is 76.3 Å². The highest BCUT2D eigenvalue weighted by molar-refractivity contribution is 7.98. The molecule has 0 fully saturated rings. The molecule has 0 bridgehead atoms. The molecule has 172 valence electrons. The molecule has 0 saturated carbocycles. The Balaban J connectivity index is 2.12. The van der Waals surface area contributed by atoms with E-state index in [1.54, 1.807) is 43.0 Å². The van der Waals surface area contributed by atoms with Gasteiger partial charge in [0.25, 0.3) is 5.91 Å². The van der Waals surface area contributed by atoms with Crippen LogP contribution in [0.1, 0.15) is 33.4 Å². The van der Waals surface area contributed by atoms with Crippen molar-refractivity contribution < 1.29 is 19.1 Å². The second kappa shape index (κ2) is 10.3. The molecular formula is C24H31N3O4S. The third kappa shape index (κ3) is 4.71. The first-order valence-electron chi connectivity index (χ1n) is 10.4. The predicted molar refractivity (Wildman–Crippen MR) is 127 cm³/mol. The number of fused-ring (bicyclic) bond motifs is 1. The fraction of sp³-hybridized carbons (Fsp3) is 0.417. The smallest absolute Gasteiger partial charge is 0.254 e. The van der Waals surface area contributed by atoms with E-state index < -0.39 is 12.0 Å². The maximum Gasteiger partial charge on any atom is 0.254 e. The molecule has 2 atom stereocenters. The minimum absolute atomic E-state index is 0.126. The van der Waals surface area contributed by atoms with Gasteiger partial charge in [-0.15, -0.1) is 11.8 Å². The molecule has 1 N–H and O–H groups in total. The van der Waals surface area contributed by atoms with E-state index >= 15 is 0 Å². The van der Waals surface area contributed by atoms with E-state index in [0.717, 1.165) is 17.0 Å². The summed E-state index contributed by atoms with van der Waals surface area (Å²) < 4.78 is 10.9. The minimum atomic E-state index is -0.588. The number of ether oxygens (including phenoxy) is 2. The molecule has 0 spiro atoms. The molecule has 1 heterocycles. The lowest BCUT2D eigenvalue weighted by Crippen LogP contribution is -2.46. The standard InChI is InChI=1S/C24H31N3O4S/c1-26(2)12-11-25-23(28)21-17-13-19(30-4)20(31-5)14-18(17)24(29)27(3)22(21)15-7-9-16(32-6)10-8-15/h7-10,13-14,21-22H,11-12H2,1-6H3,(H,25,28). The fourth-order valence-electron chi connectivity index (χ4n) is 4.06. The molecule has 2 unspecified atom stereocenters. The third-order valence-corrected chi connectivity index (χ3v) is 6.52. The maximum atomic E-state index is 13.5. The summed E-state index contributed by atoms with van der Waals surface area (Å²) in [4.78, 5) is 31.6. The summed E-state index contributed by atoms with van der Waals surface area (Å²) in [5, 5.41) is 3.05. The molecular weight excluding hydrogens is 426 g/mol. The SMILES string of the molecule is COc1cc2c(cc1OC)C(C(=O)NCCN(C)C)C(c1ccc(SC)cc1)N(C)C2=O. The number of benzene rings is 2. The average Bonchev–Trinajstić information content (AvgIpc) is 2.80. The summed E-state index contributed by atoms with van der Waals surface area (Å²) in [5.74, 6) is 0.0827. The fourth-order valence-corrected chi connectivity index (χ4v) is 4.47. The van der Waals surface area contributed by atoms with Gasteiger partial charge in [0.2, 0.25) is 5.91 Å². The number of carbonyl (C=O) groups excluding carboxylic acids is 2. The van der Waals surface area contributed by atoms with E-state index in [-0.39, 0.29) is 11.8 Å². The molecule has 32 heavy (non-hydrogen) atoms. The number of hydrogen-bond acceptors (Lipinski definition) is 6. The van der Waals surface area contributed by atoms with Gasteiger partial charge in [0.1, 0.15) is 0 Å². The average molecular weight is 458 g/mol. The van der Waals surface area contributed by atoms with Crippen molar-refractivity contribution in [1.29, 1.82) is 0 Å². The first kappa shape index (κ1) is 23.9. The Labute approximate surface area is 194 Å². The number of rotatable bonds is 8. The largest absolute Gasteiger partial charge is 0.493 e. The van der Waals surface area contributed by atoms with E-state index in [1.807, 2.05) is 49.5 Å². The van der Waals surface area contributed by atoms with Gasteiger partial charge in [-0.2, -0.15) is 0 Å². The van der Waals surface area contributed by atoms with E-state index in [9.17, 15) is 9.59 Å². The van der Waals surface area contributed by atoms with Gasteiger partial charge in [-0.25, -0.2) is 0 Å². The van der Waals surface area contributed by atoms with Gasteiger partial charge < -0.3 is 24.6 Å². The Kier molecular flexibility index (Phi) is 7.69. The number of nitrogens with one attached hydrogen (secondary N) is 1. The Morgan fingerprint density at radius 3 is 2.31 bits per heavy atom. The Hall–Kier alpha value is -2.71. The second-order valence-electron chi connectivity index (χ2n) is 8.00. The molecule has 0 radical (unpaired) electrons. The zero-order valence-electron chi connectivity index (χ0n) is 19.5. The lowest BCUT2D eigenvalue weighted by Gasteiger charge is -2.40. The van der Waals surface area contributed by atoms with Crippen LogP contribution in [0.15, 0.2) is 41.3 Å². The number of methoxy groups -OCH3 is 2. The van der Waals surface area contributed by atoms with Crippen molar-refractivity contribution in [3.8, 4) is 11.5 Å². The molecule has 2 amide bonds. The number of nitrogens with zero attached hydrogens (tertiary/aromatic N) is 2. The van der Waals surface area contributed by atoms with Crippen LogP contribution in [0.4, 0.5) is 0 Å². The van der Waals surface area contributed by atoms with Gasteiger partial charge in [0, 0.05) is 30.6 Å². The molecule has 8 heteroatoms. The molecule has 1 aliphatic heterocycles. The number of amides is 2. The van der Waals surface area contributed by atoms with Crippen molar-refractivity contribution in [1.82, 2.24) is 15.1 Å². The molecule has 2 aromatic carbocycles. The summed E-state index contributed by atoms with van der Waals surface area (Å²) >= 11 is 1.65. The van der Waals surface area contributed by atoms with Crippen molar-refractivity contribution >= 4 is 23.6 Å². The van der Waals surface area contributed by atoms with Gasteiger partial charge in [0.05, 0.1) is 26.2 Å². The lowest BCUT2D eigenvalue weighted by molar-refractivity contribution is -0.124. The zero-order valence-corrected chi connectivity index (χ0v) is 20.3. The Morgan fingerprint density at radius 2 is 1.75 bits per heavy atom. The van der Waals surface area contributed by atoms with E-state index in [0.29, 0.717) is 29.2 Å². The summed E-state index contributed by atoms with van der Waals surface area (Å²) in [6.07, 6.45) is 2.02. The van der Waals surface area contributed by atoms with Crippen molar-refractivity contribution in [2.45, 2.75) is 16.9 Å². The van der Waals surface area contributed by atoms with Crippen LogP contribution in [0.2, 0.25) is 0 Å². The van der Waals surface area contributed by atoms with Crippen LogP contribution in [0.25, 0.3) is 0 Å². The second-order valence-corrected chi connectivity index (χ2v) is 8.88. The zero-order chi connectivity index (χ0) is 23.4. The Bertz CT molecular complexity index is 978. The van der Waals surface area contributed by atoms with Gasteiger partial charge in [0.15, 0.2) is 11.5 Å². The number of likely N-dealkylation sites (N-methyl/N-ethyl adjacent to an activating group) is 2. The van der Waals surface area contributed by atoms with Crippen LogP contribution >= 0.6 is 11.8 Å². The van der Waals surface area contributed by atoms with Crippen molar-refractivity contribution in [2.24, 2.45) is 0 Å². The first-order valence-corrected chi connectivity index (χ1v) is 11.6. The highest BCUT2D eigenvalue weighted by Crippen LogP contribution is 2.45. The van der Waals surface area contributed by atoms with Gasteiger partial charge in [-0.05, 0) is 55.7 Å². The molecule has 0 aromatic heterocycles. The predicted octanol–water partition coefficient (Wildman–Crippen LogP) is 3.01. The van der Waals surface area contributed by atoms with Crippen LogP contribution in [0.3, 0.4) is 0 Å². The van der Waals surface area contributed by atoms with Crippen LogP contribution in [0.5, 0.6) is 11.5 Å². The molecule has 7 nitrogen and oxygen atoms in total. The molecule has 2 aromatic rings. The normalized spacial score (nSPS) is 17.8. The highest BCUT2D eigenvalue weighted by Gasteiger charge is 2.43. The van der Waals surface area contributed by atoms with Crippen molar-refractivity contribution in [3.63, 3.8) is 0 Å². The highest BCUT2D eigenvalue weighted by atomic mass is 32.2. The van der Waals surface area contributed by atoms with E-state index in [2.05, 4.69) is 5.32 Å². The van der Waals surface area contributed by atoms with Crippen LogP contribution in [0, 0.1) is 0 Å². The minimum Gasteiger partial charge on any atom is -0.493 e. The number of hydrogen-bond donors (Lipinski definition) is 1. The maximum absolute atomic E-state index is 13.5. The van der Waals surface area contributed by atoms with Gasteiger partial charge in [-0.1, -0.05) is 12.1 Å². The summed E-state index contributed by atoms with van der Waals surface area (Å²) in [6, 6.07) is 11.0. The van der Waals surface area contributed by atoms with Gasteiger partial charge >= 0.3 is 0 Å². The summed E-state index contributed by atoms with van der Waals surface area (Å²) in [6.45, 7) is 1.24. The van der Waals surface area contributed by atoms with Crippen LogP contribution < -0.4 is 14.8 Å². The van der Waals surface area contributed by atoms with Gasteiger partial charge in [-0.3, -0.25) is 9.59 Å². The quantitative estimate of drug-likeness (QED) is 0.615. The van der Waals surface area contributed by atoms with Crippen molar-refractivity contribution in [2.75, 3.05) is 54.7 Å². The number of carbonyl (C=O) groups is 2. The number of thioether (sulfide) groups is 1. The molecule has 0 aliphatic carbocycles. The van der Waals surface area contributed by atoms with Crippen molar-refractivity contribution in [3.05, 3.63) is 53.1 Å².